The molecule has 17 rings (SSSR count). The molecule has 2 aliphatic rings. The van der Waals surface area contributed by atoms with Crippen molar-refractivity contribution < 1.29 is 0 Å². The van der Waals surface area contributed by atoms with Gasteiger partial charge in [0.2, 0.25) is 0 Å². The lowest BCUT2D eigenvalue weighted by atomic mass is 9.34. The van der Waals surface area contributed by atoms with Gasteiger partial charge in [-0.1, -0.05) is 188 Å². The number of benzene rings is 13. The Labute approximate surface area is 396 Å². The molecule has 0 N–H and O–H groups in total. The molecule has 0 radical (unpaired) electrons. The van der Waals surface area contributed by atoms with E-state index in [0.29, 0.717) is 0 Å². The Hall–Kier alpha value is -8.92. The Balaban J connectivity index is 1.10. The first-order chi connectivity index (χ1) is 34.3. The highest BCUT2D eigenvalue weighted by molar-refractivity contribution is 7.00. The quantitative estimate of drug-likeness (QED) is 0.121. The number of hydrogen-bond donors (Lipinski definition) is 0. The molecule has 0 amide bonds. The number of aromatic nitrogens is 2. The summed E-state index contributed by atoms with van der Waals surface area (Å²) in [4.78, 5) is 0. The summed E-state index contributed by atoms with van der Waals surface area (Å²) in [6.45, 7) is -0.0326. The Morgan fingerprint density at radius 1 is 0.246 bits per heavy atom. The minimum absolute atomic E-state index is 0.0326. The Morgan fingerprint density at radius 2 is 0.594 bits per heavy atom. The molecular formula is C66H37BN2. The SMILES string of the molecule is c1ccc(-c2cc3c4c(c2)c2c5c6ccccc6c6ccccc6c5ccc2n4-c2cccc4c2B3c2cc(-c3ccccc3)cc3c5c6c7ccccc7c7ccccc7c6ccc5n-4c23)cc1. The number of hydrogen-bond acceptors (Lipinski definition) is 0. The summed E-state index contributed by atoms with van der Waals surface area (Å²) < 4.78 is 5.27. The van der Waals surface area contributed by atoms with Crippen molar-refractivity contribution in [3.05, 3.63) is 224 Å². The summed E-state index contributed by atoms with van der Waals surface area (Å²) in [7, 11) is 0. The van der Waals surface area contributed by atoms with Crippen molar-refractivity contribution in [1.82, 2.24) is 9.13 Å². The average molecular weight is 869 g/mol. The number of rotatable bonds is 2. The van der Waals surface area contributed by atoms with Gasteiger partial charge in [0.25, 0.3) is 6.71 Å². The van der Waals surface area contributed by atoms with Crippen LogP contribution in [0.1, 0.15) is 0 Å². The van der Waals surface area contributed by atoms with E-state index >= 15 is 0 Å². The van der Waals surface area contributed by atoms with Gasteiger partial charge in [-0.2, -0.15) is 0 Å². The van der Waals surface area contributed by atoms with Crippen LogP contribution in [0, 0.1) is 0 Å². The number of fused-ring (bicyclic) bond motifs is 24. The summed E-state index contributed by atoms with van der Waals surface area (Å²) in [6.07, 6.45) is 0. The zero-order valence-electron chi connectivity index (χ0n) is 37.3. The molecule has 0 fully saturated rings. The largest absolute Gasteiger partial charge is 0.310 e. The maximum atomic E-state index is 2.64. The van der Waals surface area contributed by atoms with Crippen molar-refractivity contribution in [1.29, 1.82) is 0 Å². The van der Waals surface area contributed by atoms with Crippen LogP contribution in [-0.2, 0) is 0 Å². The standard InChI is InChI=1S/C66H37BN2/c1-3-16-38(17-4-1)40-34-52-62-56(32-30-50-46-24-9-7-20-42(46)44-22-11-13-26-48(44)60(50)62)68-58-28-15-29-59-64(58)67(54(36-40)65(52)68)55-37-41(39-18-5-2-6-19-39)35-53-63-57(69(59)66(53)55)33-31-51-47-25-10-8-21-43(47)45-23-12-14-27-49(45)61(51)63/h1-37H. The van der Waals surface area contributed by atoms with Gasteiger partial charge in [-0.05, 0) is 129 Å². The topological polar surface area (TPSA) is 9.86 Å². The maximum absolute atomic E-state index is 2.64. The van der Waals surface area contributed by atoms with Crippen LogP contribution in [0.2, 0.25) is 0 Å². The second kappa shape index (κ2) is 12.9. The highest BCUT2D eigenvalue weighted by Crippen LogP contribution is 2.48. The predicted molar refractivity (Wildman–Crippen MR) is 296 cm³/mol. The molecule has 2 nitrogen and oxygen atoms in total. The normalized spacial score (nSPS) is 12.9. The first kappa shape index (κ1) is 36.2. The minimum atomic E-state index is -0.0326. The average Bonchev–Trinajstić information content (AvgIpc) is 3.95. The van der Waals surface area contributed by atoms with Gasteiger partial charge < -0.3 is 9.13 Å². The van der Waals surface area contributed by atoms with Crippen LogP contribution in [0.25, 0.3) is 142 Å². The first-order valence-electron chi connectivity index (χ1n) is 24.2. The molecule has 0 aliphatic carbocycles. The molecule has 3 heteroatoms. The van der Waals surface area contributed by atoms with Gasteiger partial charge >= 0.3 is 0 Å². The highest BCUT2D eigenvalue weighted by Gasteiger charge is 2.42. The van der Waals surface area contributed by atoms with Crippen molar-refractivity contribution in [2.45, 2.75) is 0 Å². The zero-order valence-corrected chi connectivity index (χ0v) is 37.3. The molecule has 0 saturated carbocycles. The van der Waals surface area contributed by atoms with E-state index < -0.39 is 0 Å². The van der Waals surface area contributed by atoms with Gasteiger partial charge in [0.05, 0.1) is 11.0 Å². The molecule has 0 spiro atoms. The minimum Gasteiger partial charge on any atom is -0.310 e. The first-order valence-corrected chi connectivity index (χ1v) is 24.2. The summed E-state index contributed by atoms with van der Waals surface area (Å²) in [5.74, 6) is 0. The molecule has 0 unspecified atom stereocenters. The van der Waals surface area contributed by atoms with Gasteiger partial charge in [-0.15, -0.1) is 0 Å². The van der Waals surface area contributed by atoms with Crippen molar-refractivity contribution in [3.63, 3.8) is 0 Å². The van der Waals surface area contributed by atoms with Crippen molar-refractivity contribution in [3.8, 4) is 33.6 Å². The lowest BCUT2D eigenvalue weighted by molar-refractivity contribution is 1.14. The highest BCUT2D eigenvalue weighted by atomic mass is 15.0. The lowest BCUT2D eigenvalue weighted by Crippen LogP contribution is -2.59. The third-order valence-electron chi connectivity index (χ3n) is 16.2. The fourth-order valence-electron chi connectivity index (χ4n) is 13.6. The smallest absolute Gasteiger partial charge is 0.252 e. The van der Waals surface area contributed by atoms with E-state index in [-0.39, 0.29) is 6.71 Å². The monoisotopic (exact) mass is 868 g/mol. The molecule has 314 valence electrons. The molecule has 0 bridgehead atoms. The fourth-order valence-corrected chi connectivity index (χ4v) is 13.6. The van der Waals surface area contributed by atoms with E-state index in [1.807, 2.05) is 0 Å². The van der Waals surface area contributed by atoms with E-state index in [1.165, 1.54) is 158 Å². The summed E-state index contributed by atoms with van der Waals surface area (Å²) in [5.41, 5.74) is 16.6. The molecule has 69 heavy (non-hydrogen) atoms. The van der Waals surface area contributed by atoms with E-state index in [2.05, 4.69) is 234 Å². The molecule has 0 saturated heterocycles. The van der Waals surface area contributed by atoms with Gasteiger partial charge in [0.15, 0.2) is 0 Å². The molecule has 0 atom stereocenters. The molecule has 4 heterocycles. The van der Waals surface area contributed by atoms with Crippen LogP contribution in [0.5, 0.6) is 0 Å². The predicted octanol–water partition coefficient (Wildman–Crippen LogP) is 15.3. The van der Waals surface area contributed by atoms with Crippen LogP contribution in [-0.4, -0.2) is 15.8 Å². The van der Waals surface area contributed by atoms with Crippen LogP contribution >= 0.6 is 0 Å². The van der Waals surface area contributed by atoms with Gasteiger partial charge in [0, 0.05) is 54.7 Å². The Morgan fingerprint density at radius 3 is 1.00 bits per heavy atom. The maximum Gasteiger partial charge on any atom is 0.252 e. The molecule has 15 aromatic rings. The fraction of sp³-hybridized carbons (Fsp3) is 0. The second-order valence-electron chi connectivity index (χ2n) is 19.4. The van der Waals surface area contributed by atoms with Gasteiger partial charge in [-0.25, -0.2) is 0 Å². The zero-order chi connectivity index (χ0) is 44.6. The van der Waals surface area contributed by atoms with Gasteiger partial charge in [0.1, 0.15) is 0 Å². The third-order valence-corrected chi connectivity index (χ3v) is 16.2. The third kappa shape index (κ3) is 4.49. The van der Waals surface area contributed by atoms with E-state index in [9.17, 15) is 0 Å². The lowest BCUT2D eigenvalue weighted by Gasteiger charge is -2.34. The van der Waals surface area contributed by atoms with E-state index in [1.54, 1.807) is 0 Å². The molecule has 13 aromatic carbocycles. The Bertz CT molecular complexity index is 4450. The molecular weight excluding hydrogens is 832 g/mol. The van der Waals surface area contributed by atoms with Crippen molar-refractivity contribution in [2.24, 2.45) is 0 Å². The van der Waals surface area contributed by atoms with Crippen LogP contribution in [0.4, 0.5) is 0 Å². The van der Waals surface area contributed by atoms with E-state index in [0.717, 1.165) is 0 Å². The summed E-state index contributed by atoms with van der Waals surface area (Å²) in [5, 5.41) is 20.8. The molecule has 2 aromatic heterocycles. The molecule has 2 aliphatic heterocycles. The van der Waals surface area contributed by atoms with Crippen LogP contribution < -0.4 is 16.4 Å². The van der Waals surface area contributed by atoms with Crippen LogP contribution in [0.3, 0.4) is 0 Å². The van der Waals surface area contributed by atoms with Crippen molar-refractivity contribution in [2.75, 3.05) is 0 Å². The van der Waals surface area contributed by atoms with Crippen molar-refractivity contribution >= 4 is 131 Å². The summed E-state index contributed by atoms with van der Waals surface area (Å²) >= 11 is 0. The number of nitrogens with zero attached hydrogens (tertiary/aromatic N) is 2. The second-order valence-corrected chi connectivity index (χ2v) is 19.4. The van der Waals surface area contributed by atoms with Gasteiger partial charge in [-0.3, -0.25) is 0 Å². The van der Waals surface area contributed by atoms with Crippen LogP contribution in [0.15, 0.2) is 224 Å². The van der Waals surface area contributed by atoms with E-state index in [4.69, 9.17) is 0 Å². The Kier molecular flexibility index (Phi) is 6.80. The summed E-state index contributed by atoms with van der Waals surface area (Å²) in [6, 6.07) is 85.0.